The predicted molar refractivity (Wildman–Crippen MR) is 79.5 cm³/mol. The molecule has 1 unspecified atom stereocenters. The summed E-state index contributed by atoms with van der Waals surface area (Å²) in [5.41, 5.74) is 0. The first-order valence-electron chi connectivity index (χ1n) is 6.71. The molecule has 0 bridgehead atoms. The van der Waals surface area contributed by atoms with Crippen LogP contribution >= 0.6 is 11.8 Å². The van der Waals surface area contributed by atoms with Crippen molar-refractivity contribution in [2.24, 2.45) is 0 Å². The van der Waals surface area contributed by atoms with Crippen molar-refractivity contribution in [3.63, 3.8) is 0 Å². The third kappa shape index (κ3) is 4.05. The Morgan fingerprint density at radius 2 is 2.22 bits per heavy atom. The second-order valence-electron chi connectivity index (χ2n) is 4.67. The van der Waals surface area contributed by atoms with Crippen molar-refractivity contribution in [1.82, 2.24) is 9.97 Å². The minimum atomic E-state index is 0.553. The van der Waals surface area contributed by atoms with E-state index in [9.17, 15) is 0 Å². The molecule has 1 aliphatic rings. The number of hydrogen-bond acceptors (Lipinski definition) is 5. The lowest BCUT2D eigenvalue weighted by atomic mass is 10.2. The van der Waals surface area contributed by atoms with Gasteiger partial charge in [0.2, 0.25) is 0 Å². The van der Waals surface area contributed by atoms with Crippen LogP contribution in [-0.4, -0.2) is 34.1 Å². The normalized spacial score (nSPS) is 19.6. The Labute approximate surface area is 113 Å². The molecule has 0 radical (unpaired) electrons. The number of hydrogen-bond donors (Lipinski definition) is 2. The van der Waals surface area contributed by atoms with Crippen LogP contribution in [0.4, 0.5) is 11.6 Å². The number of anilines is 2. The lowest BCUT2D eigenvalue weighted by molar-refractivity contribution is 0.681. The van der Waals surface area contributed by atoms with Crippen molar-refractivity contribution < 1.29 is 0 Å². The summed E-state index contributed by atoms with van der Waals surface area (Å²) in [7, 11) is 0. The molecular weight excluding hydrogens is 244 g/mol. The van der Waals surface area contributed by atoms with E-state index in [0.717, 1.165) is 30.4 Å². The Balaban J connectivity index is 1.99. The highest BCUT2D eigenvalue weighted by Crippen LogP contribution is 2.21. The zero-order chi connectivity index (χ0) is 12.8. The molecule has 1 aliphatic heterocycles. The topological polar surface area (TPSA) is 49.8 Å². The molecule has 1 fully saturated rings. The SMILES string of the molecule is CCCNc1cc(NC2CCCSC2)nc(C)n1. The van der Waals surface area contributed by atoms with Crippen molar-refractivity contribution in [3.05, 3.63) is 11.9 Å². The number of nitrogens with one attached hydrogen (secondary N) is 2. The summed E-state index contributed by atoms with van der Waals surface area (Å²) in [5, 5.41) is 6.84. The molecule has 0 aromatic carbocycles. The smallest absolute Gasteiger partial charge is 0.132 e. The first kappa shape index (κ1) is 13.5. The predicted octanol–water partition coefficient (Wildman–Crippen LogP) is 2.91. The second kappa shape index (κ2) is 6.83. The highest BCUT2D eigenvalue weighted by atomic mass is 32.2. The van der Waals surface area contributed by atoms with Gasteiger partial charge in [-0.25, -0.2) is 9.97 Å². The zero-order valence-corrected chi connectivity index (χ0v) is 12.0. The quantitative estimate of drug-likeness (QED) is 0.858. The molecule has 18 heavy (non-hydrogen) atoms. The van der Waals surface area contributed by atoms with Gasteiger partial charge < -0.3 is 10.6 Å². The molecule has 2 heterocycles. The maximum atomic E-state index is 4.46. The van der Waals surface area contributed by atoms with E-state index in [1.54, 1.807) is 0 Å². The standard InChI is InChI=1S/C13H22N4S/c1-3-6-14-12-8-13(16-10(2)15-12)17-11-5-4-7-18-9-11/h8,11H,3-7,9H2,1-2H3,(H2,14,15,16,17). The highest BCUT2D eigenvalue weighted by Gasteiger charge is 2.14. The molecular formula is C13H22N4S. The average Bonchev–Trinajstić information content (AvgIpc) is 2.37. The summed E-state index contributed by atoms with van der Waals surface area (Å²) in [6, 6.07) is 2.57. The Hall–Kier alpha value is -0.970. The Bertz CT molecular complexity index is 377. The van der Waals surface area contributed by atoms with Crippen LogP contribution in [0.5, 0.6) is 0 Å². The van der Waals surface area contributed by atoms with Crippen molar-refractivity contribution in [1.29, 1.82) is 0 Å². The second-order valence-corrected chi connectivity index (χ2v) is 5.82. The van der Waals surface area contributed by atoms with Crippen LogP contribution in [0.1, 0.15) is 32.0 Å². The molecule has 2 N–H and O–H groups in total. The highest BCUT2D eigenvalue weighted by molar-refractivity contribution is 7.99. The minimum absolute atomic E-state index is 0.553. The summed E-state index contributed by atoms with van der Waals surface area (Å²) >= 11 is 2.02. The fourth-order valence-electron chi connectivity index (χ4n) is 2.05. The summed E-state index contributed by atoms with van der Waals surface area (Å²) < 4.78 is 0. The lowest BCUT2D eigenvalue weighted by Gasteiger charge is -2.23. The fraction of sp³-hybridized carbons (Fsp3) is 0.692. The number of rotatable bonds is 5. The molecule has 0 amide bonds. The first-order valence-corrected chi connectivity index (χ1v) is 7.87. The largest absolute Gasteiger partial charge is 0.370 e. The van der Waals surface area contributed by atoms with Gasteiger partial charge in [-0.05, 0) is 31.9 Å². The molecule has 5 heteroatoms. The average molecular weight is 266 g/mol. The Kier molecular flexibility index (Phi) is 5.11. The molecule has 1 aromatic heterocycles. The minimum Gasteiger partial charge on any atom is -0.370 e. The summed E-state index contributed by atoms with van der Waals surface area (Å²) in [5.74, 6) is 5.18. The first-order chi connectivity index (χ1) is 8.78. The van der Waals surface area contributed by atoms with Gasteiger partial charge in [0.15, 0.2) is 0 Å². The van der Waals surface area contributed by atoms with Crippen LogP contribution in [-0.2, 0) is 0 Å². The molecule has 4 nitrogen and oxygen atoms in total. The summed E-state index contributed by atoms with van der Waals surface area (Å²) in [6.07, 6.45) is 3.65. The van der Waals surface area contributed by atoms with Crippen LogP contribution in [0.3, 0.4) is 0 Å². The van der Waals surface area contributed by atoms with Gasteiger partial charge in [0.05, 0.1) is 0 Å². The van der Waals surface area contributed by atoms with Crippen LogP contribution in [0, 0.1) is 6.92 Å². The van der Waals surface area contributed by atoms with Crippen LogP contribution in [0.2, 0.25) is 0 Å². The van der Waals surface area contributed by atoms with E-state index in [-0.39, 0.29) is 0 Å². The molecule has 0 saturated carbocycles. The van der Waals surface area contributed by atoms with Gasteiger partial charge >= 0.3 is 0 Å². The number of thioether (sulfide) groups is 1. The fourth-order valence-corrected chi connectivity index (χ4v) is 3.12. The molecule has 1 aromatic rings. The number of aromatic nitrogens is 2. The molecule has 1 atom stereocenters. The van der Waals surface area contributed by atoms with E-state index >= 15 is 0 Å². The third-order valence-electron chi connectivity index (χ3n) is 2.91. The van der Waals surface area contributed by atoms with Gasteiger partial charge in [-0.1, -0.05) is 6.92 Å². The van der Waals surface area contributed by atoms with E-state index < -0.39 is 0 Å². The third-order valence-corrected chi connectivity index (χ3v) is 4.12. The van der Waals surface area contributed by atoms with Gasteiger partial charge in [0, 0.05) is 24.4 Å². The van der Waals surface area contributed by atoms with Crippen molar-refractivity contribution in [2.75, 3.05) is 28.7 Å². The van der Waals surface area contributed by atoms with Gasteiger partial charge in [0.1, 0.15) is 17.5 Å². The molecule has 2 rings (SSSR count). The van der Waals surface area contributed by atoms with E-state index in [0.29, 0.717) is 6.04 Å². The monoisotopic (exact) mass is 266 g/mol. The van der Waals surface area contributed by atoms with Crippen LogP contribution in [0.15, 0.2) is 6.07 Å². The van der Waals surface area contributed by atoms with Crippen molar-refractivity contribution >= 4 is 23.4 Å². The van der Waals surface area contributed by atoms with Gasteiger partial charge in [-0.15, -0.1) is 0 Å². The molecule has 100 valence electrons. The van der Waals surface area contributed by atoms with E-state index in [1.165, 1.54) is 24.3 Å². The summed E-state index contributed by atoms with van der Waals surface area (Å²) in [4.78, 5) is 8.86. The van der Waals surface area contributed by atoms with E-state index in [4.69, 9.17) is 0 Å². The van der Waals surface area contributed by atoms with Gasteiger partial charge in [0.25, 0.3) is 0 Å². The Morgan fingerprint density at radius 3 is 2.94 bits per heavy atom. The molecule has 0 spiro atoms. The van der Waals surface area contributed by atoms with Crippen LogP contribution < -0.4 is 10.6 Å². The maximum Gasteiger partial charge on any atom is 0.132 e. The molecule has 1 saturated heterocycles. The van der Waals surface area contributed by atoms with Gasteiger partial charge in [-0.3, -0.25) is 0 Å². The number of aryl methyl sites for hydroxylation is 1. The number of nitrogens with zero attached hydrogens (tertiary/aromatic N) is 2. The maximum absolute atomic E-state index is 4.46. The molecule has 0 aliphatic carbocycles. The van der Waals surface area contributed by atoms with Crippen LogP contribution in [0.25, 0.3) is 0 Å². The van der Waals surface area contributed by atoms with Crippen molar-refractivity contribution in [2.45, 2.75) is 39.2 Å². The zero-order valence-electron chi connectivity index (χ0n) is 11.2. The van der Waals surface area contributed by atoms with E-state index in [2.05, 4.69) is 27.5 Å². The van der Waals surface area contributed by atoms with E-state index in [1.807, 2.05) is 24.8 Å². The van der Waals surface area contributed by atoms with Gasteiger partial charge in [-0.2, -0.15) is 11.8 Å². The van der Waals surface area contributed by atoms with Crippen molar-refractivity contribution in [3.8, 4) is 0 Å². The summed E-state index contributed by atoms with van der Waals surface area (Å²) in [6.45, 7) is 5.05. The lowest BCUT2D eigenvalue weighted by Crippen LogP contribution is -2.26. The Morgan fingerprint density at radius 1 is 1.39 bits per heavy atom.